The molecular weight excluding hydrogens is 310 g/mol. The van der Waals surface area contributed by atoms with Crippen LogP contribution in [0.4, 0.5) is 0 Å². The van der Waals surface area contributed by atoms with Crippen molar-refractivity contribution in [1.29, 1.82) is 0 Å². The Bertz CT molecular complexity index is 953. The molecule has 3 heterocycles. The van der Waals surface area contributed by atoms with Crippen LogP contribution >= 0.6 is 11.8 Å². The highest BCUT2D eigenvalue weighted by Crippen LogP contribution is 2.49. The third-order valence-electron chi connectivity index (χ3n) is 3.77. The normalized spacial score (nSPS) is 19.0. The van der Waals surface area contributed by atoms with Gasteiger partial charge in [0.05, 0.1) is 21.8 Å². The van der Waals surface area contributed by atoms with E-state index in [-0.39, 0.29) is 5.56 Å². The Morgan fingerprint density at radius 3 is 2.81 bits per heavy atom. The Morgan fingerprint density at radius 2 is 2.00 bits per heavy atom. The van der Waals surface area contributed by atoms with E-state index < -0.39 is 10.0 Å². The maximum atomic E-state index is 12.7. The van der Waals surface area contributed by atoms with E-state index in [0.29, 0.717) is 33.2 Å². The molecule has 4 rings (SSSR count). The molecule has 0 fully saturated rings. The highest BCUT2D eigenvalue weighted by molar-refractivity contribution is 8.08. The first kappa shape index (κ1) is 12.8. The average molecular weight is 321 g/mol. The van der Waals surface area contributed by atoms with Crippen LogP contribution in [0.3, 0.4) is 0 Å². The Balaban J connectivity index is 2.12. The molecule has 1 aromatic carbocycles. The second-order valence-electron chi connectivity index (χ2n) is 4.87. The van der Waals surface area contributed by atoms with Crippen LogP contribution in [0.1, 0.15) is 16.8 Å². The first-order valence-electron chi connectivity index (χ1n) is 6.27. The van der Waals surface area contributed by atoms with Crippen molar-refractivity contribution in [2.24, 2.45) is 0 Å². The molecule has 0 saturated carbocycles. The van der Waals surface area contributed by atoms with Crippen molar-refractivity contribution in [2.75, 3.05) is 7.05 Å². The van der Waals surface area contributed by atoms with Gasteiger partial charge in [-0.15, -0.1) is 11.8 Å². The topological polar surface area (TPSA) is 86.0 Å². The van der Waals surface area contributed by atoms with E-state index in [9.17, 15) is 13.2 Å². The summed E-state index contributed by atoms with van der Waals surface area (Å²) in [5.41, 5.74) is 2.19. The average Bonchev–Trinajstić information content (AvgIpc) is 2.86. The summed E-state index contributed by atoms with van der Waals surface area (Å²) < 4.78 is 26.6. The molecule has 0 aliphatic carbocycles. The second kappa shape index (κ2) is 4.05. The summed E-state index contributed by atoms with van der Waals surface area (Å²) in [6.07, 6.45) is 0. The molecule has 2 N–H and O–H groups in total. The number of thioether (sulfide) groups is 1. The van der Waals surface area contributed by atoms with Crippen LogP contribution < -0.4 is 5.56 Å². The van der Waals surface area contributed by atoms with Gasteiger partial charge in [-0.05, 0) is 6.07 Å². The Hall–Kier alpha value is -1.93. The monoisotopic (exact) mass is 321 g/mol. The van der Waals surface area contributed by atoms with Gasteiger partial charge in [-0.1, -0.05) is 18.2 Å². The molecule has 2 aliphatic heterocycles. The van der Waals surface area contributed by atoms with Gasteiger partial charge < -0.3 is 0 Å². The van der Waals surface area contributed by atoms with E-state index in [1.807, 2.05) is 6.07 Å². The Kier molecular flexibility index (Phi) is 2.46. The van der Waals surface area contributed by atoms with Crippen molar-refractivity contribution < 1.29 is 8.42 Å². The number of H-pyrrole nitrogens is 2. The maximum absolute atomic E-state index is 12.7. The fourth-order valence-electron chi connectivity index (χ4n) is 2.70. The summed E-state index contributed by atoms with van der Waals surface area (Å²) in [6.45, 7) is 0. The molecule has 0 saturated heterocycles. The number of benzene rings is 1. The van der Waals surface area contributed by atoms with Gasteiger partial charge in [0.15, 0.2) is 0 Å². The minimum atomic E-state index is -3.60. The first-order chi connectivity index (χ1) is 10.0. The summed E-state index contributed by atoms with van der Waals surface area (Å²) in [5, 5.41) is 5.34. The molecule has 0 spiro atoms. The van der Waals surface area contributed by atoms with Crippen molar-refractivity contribution in [2.45, 2.75) is 10.6 Å². The minimum absolute atomic E-state index is 0.200. The third kappa shape index (κ3) is 1.54. The number of fused-ring (bicyclic) bond motifs is 4. The summed E-state index contributed by atoms with van der Waals surface area (Å²) in [4.78, 5) is 12.9. The molecule has 6 nitrogen and oxygen atoms in total. The predicted molar refractivity (Wildman–Crippen MR) is 80.9 cm³/mol. The third-order valence-corrected chi connectivity index (χ3v) is 6.73. The lowest BCUT2D eigenvalue weighted by Gasteiger charge is -2.33. The Labute approximate surface area is 124 Å². The van der Waals surface area contributed by atoms with Gasteiger partial charge in [0.1, 0.15) is 0 Å². The molecule has 2 aromatic rings. The summed E-state index contributed by atoms with van der Waals surface area (Å²) >= 11 is 1.49. The molecule has 0 atom stereocenters. The number of nitrogens with one attached hydrogen (secondary N) is 2. The first-order valence-corrected chi connectivity index (χ1v) is 8.69. The van der Waals surface area contributed by atoms with E-state index in [0.717, 1.165) is 4.91 Å². The molecular formula is C13H11N3O3S2. The van der Waals surface area contributed by atoms with Crippen molar-refractivity contribution in [3.05, 3.63) is 51.4 Å². The molecule has 1 aromatic heterocycles. The largest absolute Gasteiger partial charge is 0.296 e. The number of nitrogens with zero attached hydrogens (tertiary/aromatic N) is 1. The molecule has 108 valence electrons. The van der Waals surface area contributed by atoms with Gasteiger partial charge in [-0.25, -0.2) is 8.42 Å². The molecule has 0 unspecified atom stereocenters. The van der Waals surface area contributed by atoms with Gasteiger partial charge in [0, 0.05) is 23.3 Å². The zero-order valence-electron chi connectivity index (χ0n) is 11.0. The fourth-order valence-corrected chi connectivity index (χ4v) is 5.51. The molecule has 2 aliphatic rings. The van der Waals surface area contributed by atoms with Crippen LogP contribution in [0.2, 0.25) is 0 Å². The molecule has 8 heteroatoms. The summed E-state index contributed by atoms with van der Waals surface area (Å²) in [6, 6.07) is 6.95. The van der Waals surface area contributed by atoms with Crippen LogP contribution in [0.15, 0.2) is 34.0 Å². The zero-order chi connectivity index (χ0) is 14.8. The number of sulfonamides is 1. The second-order valence-corrected chi connectivity index (χ2v) is 7.79. The number of hydrogen-bond donors (Lipinski definition) is 2. The minimum Gasteiger partial charge on any atom is -0.296 e. The van der Waals surface area contributed by atoms with E-state index in [1.165, 1.54) is 23.1 Å². The molecule has 0 bridgehead atoms. The van der Waals surface area contributed by atoms with Crippen LogP contribution in [-0.4, -0.2) is 30.0 Å². The SMILES string of the molecule is CN1C2=C(SCc3c2[nH][nH]c3=O)c2ccccc2S1(=O)=O. The zero-order valence-corrected chi connectivity index (χ0v) is 12.6. The van der Waals surface area contributed by atoms with Crippen LogP contribution in [-0.2, 0) is 15.8 Å². The van der Waals surface area contributed by atoms with Gasteiger partial charge in [0.25, 0.3) is 15.6 Å². The van der Waals surface area contributed by atoms with E-state index in [2.05, 4.69) is 10.2 Å². The van der Waals surface area contributed by atoms with Crippen LogP contribution in [0, 0.1) is 0 Å². The smallest absolute Gasteiger partial charge is 0.268 e. The lowest BCUT2D eigenvalue weighted by atomic mass is 10.1. The van der Waals surface area contributed by atoms with Gasteiger partial charge in [-0.3, -0.25) is 19.3 Å². The summed E-state index contributed by atoms with van der Waals surface area (Å²) in [5.74, 6) is 0.523. The quantitative estimate of drug-likeness (QED) is 0.768. The summed E-state index contributed by atoms with van der Waals surface area (Å²) in [7, 11) is -2.08. The lowest BCUT2D eigenvalue weighted by molar-refractivity contribution is 0.543. The van der Waals surface area contributed by atoms with Crippen molar-refractivity contribution in [3.8, 4) is 0 Å². The van der Waals surface area contributed by atoms with Gasteiger partial charge >= 0.3 is 0 Å². The lowest BCUT2D eigenvalue weighted by Crippen LogP contribution is -2.32. The number of aromatic amines is 2. The molecule has 0 radical (unpaired) electrons. The van der Waals surface area contributed by atoms with Crippen LogP contribution in [0.25, 0.3) is 10.6 Å². The highest BCUT2D eigenvalue weighted by atomic mass is 32.2. The van der Waals surface area contributed by atoms with Gasteiger partial charge in [-0.2, -0.15) is 0 Å². The number of rotatable bonds is 0. The predicted octanol–water partition coefficient (Wildman–Crippen LogP) is 1.41. The standard InChI is InChI=1S/C13H11N3O3S2/c1-16-11-10-8(13(17)15-14-10)6-20-12(11)7-4-2-3-5-9(7)21(16,18)19/h2-5H,6H2,1H3,(H2,14,15,17). The van der Waals surface area contributed by atoms with Crippen LogP contribution in [0.5, 0.6) is 0 Å². The number of aromatic nitrogens is 2. The van der Waals surface area contributed by atoms with Crippen molar-refractivity contribution >= 4 is 32.4 Å². The van der Waals surface area contributed by atoms with E-state index >= 15 is 0 Å². The maximum Gasteiger partial charge on any atom is 0.268 e. The molecule has 0 amide bonds. The fraction of sp³-hybridized carbons (Fsp3) is 0.154. The Morgan fingerprint density at radius 1 is 1.24 bits per heavy atom. The highest BCUT2D eigenvalue weighted by Gasteiger charge is 2.39. The van der Waals surface area contributed by atoms with E-state index in [4.69, 9.17) is 0 Å². The van der Waals surface area contributed by atoms with E-state index in [1.54, 1.807) is 18.2 Å². The number of hydrogen-bond acceptors (Lipinski definition) is 4. The van der Waals surface area contributed by atoms with Crippen molar-refractivity contribution in [3.63, 3.8) is 0 Å². The molecule has 21 heavy (non-hydrogen) atoms. The van der Waals surface area contributed by atoms with Crippen molar-refractivity contribution in [1.82, 2.24) is 14.5 Å². The van der Waals surface area contributed by atoms with Gasteiger partial charge in [0.2, 0.25) is 0 Å².